The number of ether oxygens (including phenoxy) is 4. The Morgan fingerprint density at radius 3 is 1.34 bits per heavy atom. The molecule has 0 aliphatic heterocycles. The van der Waals surface area contributed by atoms with Gasteiger partial charge in [-0.3, -0.25) is 0 Å². The first-order valence-corrected chi connectivity index (χ1v) is 24.5. The lowest BCUT2D eigenvalue weighted by Crippen LogP contribution is -2.33. The highest BCUT2D eigenvalue weighted by Gasteiger charge is 2.42. The van der Waals surface area contributed by atoms with Gasteiger partial charge in [-0.05, 0) is 206 Å². The summed E-state index contributed by atoms with van der Waals surface area (Å²) in [5.41, 5.74) is 11.0. The molecule has 10 nitrogen and oxygen atoms in total. The molecule has 6 rings (SSSR count). The lowest BCUT2D eigenvalue weighted by Gasteiger charge is -2.19. The van der Waals surface area contributed by atoms with Crippen molar-refractivity contribution in [3.8, 4) is 17.2 Å². The van der Waals surface area contributed by atoms with Crippen LogP contribution in [0.2, 0.25) is 15.1 Å². The Hall–Kier alpha value is -3.58. The highest BCUT2D eigenvalue weighted by Crippen LogP contribution is 2.52. The van der Waals surface area contributed by atoms with Gasteiger partial charge in [0, 0.05) is 33.5 Å². The molecule has 0 bridgehead atoms. The van der Waals surface area contributed by atoms with Crippen LogP contribution in [-0.2, 0) is 9.47 Å². The van der Waals surface area contributed by atoms with Gasteiger partial charge in [0.25, 0.3) is 0 Å². The monoisotopic (exact) mass is 1070 g/mol. The molecule has 3 aromatic carbocycles. The minimum absolute atomic E-state index is 0. The minimum atomic E-state index is -0.488. The maximum absolute atomic E-state index is 11.7. The molecular formula is C52H72BrCl4N3O7. The number of alkyl carbamates (subject to hydrolysis) is 2. The molecule has 3 aliphatic rings. The van der Waals surface area contributed by atoms with Crippen molar-refractivity contribution in [2.24, 2.45) is 23.5 Å². The van der Waals surface area contributed by atoms with Crippen LogP contribution < -0.4 is 25.8 Å². The zero-order chi connectivity index (χ0) is 49.5. The highest BCUT2D eigenvalue weighted by atomic mass is 79.9. The molecule has 0 spiro atoms. The Bertz CT molecular complexity index is 2140. The minimum Gasteiger partial charge on any atom is -0.508 e. The summed E-state index contributed by atoms with van der Waals surface area (Å²) in [5.74, 6) is 4.42. The Morgan fingerprint density at radius 2 is 1.00 bits per heavy atom. The number of aromatic hydroxyl groups is 1. The number of hydrogen-bond donors (Lipinski definition) is 4. The number of rotatable bonds is 15. The van der Waals surface area contributed by atoms with E-state index in [9.17, 15) is 14.7 Å². The van der Waals surface area contributed by atoms with Crippen LogP contribution in [0.15, 0.2) is 91.1 Å². The van der Waals surface area contributed by atoms with Crippen molar-refractivity contribution in [2.75, 3.05) is 38.2 Å². The molecule has 0 saturated heterocycles. The summed E-state index contributed by atoms with van der Waals surface area (Å²) in [5, 5.41) is 18.4. The van der Waals surface area contributed by atoms with Gasteiger partial charge < -0.3 is 40.4 Å². The second-order valence-corrected chi connectivity index (χ2v) is 21.3. The molecule has 372 valence electrons. The maximum Gasteiger partial charge on any atom is 0.407 e. The molecular weight excluding hydrogens is 1000 g/mol. The molecule has 3 saturated carbocycles. The predicted octanol–water partition coefficient (Wildman–Crippen LogP) is 14.3. The third kappa shape index (κ3) is 23.1. The number of nitrogens with two attached hydrogens (primary N) is 1. The topological polar surface area (TPSA) is 141 Å². The van der Waals surface area contributed by atoms with Gasteiger partial charge in [0.15, 0.2) is 0 Å². The number of hydrogen-bond acceptors (Lipinski definition) is 8. The summed E-state index contributed by atoms with van der Waals surface area (Å²) >= 11 is 21.3. The van der Waals surface area contributed by atoms with Crippen LogP contribution in [0.3, 0.4) is 0 Å². The van der Waals surface area contributed by atoms with E-state index in [2.05, 4.69) is 46.3 Å². The number of alkyl halides is 1. The molecule has 5 N–H and O–H groups in total. The van der Waals surface area contributed by atoms with Gasteiger partial charge in [0.1, 0.15) is 41.7 Å². The van der Waals surface area contributed by atoms with Crippen molar-refractivity contribution in [1.29, 1.82) is 0 Å². The number of carbonyl (C=O) groups excluding carboxylic acids is 2. The van der Waals surface area contributed by atoms with E-state index in [1.165, 1.54) is 11.1 Å². The summed E-state index contributed by atoms with van der Waals surface area (Å²) in [7, 11) is 0. The highest BCUT2D eigenvalue weighted by molar-refractivity contribution is 9.09. The molecule has 3 aromatic rings. The number of benzene rings is 3. The fraction of sp³-hybridized carbons (Fsp3) is 0.500. The molecule has 2 amide bonds. The van der Waals surface area contributed by atoms with E-state index >= 15 is 0 Å². The fourth-order valence-electron chi connectivity index (χ4n) is 6.76. The Labute approximate surface area is 429 Å². The molecule has 3 aliphatic carbocycles. The molecule has 0 aromatic heterocycles. The number of phenols is 1. The van der Waals surface area contributed by atoms with Crippen LogP contribution in [0, 0.1) is 17.8 Å². The first-order valence-electron chi connectivity index (χ1n) is 22.3. The normalized spacial score (nSPS) is 19.6. The van der Waals surface area contributed by atoms with E-state index in [1.54, 1.807) is 18.2 Å². The van der Waals surface area contributed by atoms with E-state index in [-0.39, 0.29) is 30.2 Å². The van der Waals surface area contributed by atoms with Crippen molar-refractivity contribution in [1.82, 2.24) is 10.6 Å². The standard InChI is InChI=1S/C19H26ClNO3.C15H20ClNO3.C14H18ClNO.C4H7Br.ClH/c1-12(2)11-23-17-7-6-14(20)9-16(17)15-8-13(15)10-21-18(22)24-19(3,4)5;1-15(2,3)20-14(19)17-8-9-6-11(9)12-7-10(16)4-5-13(12)18;1-9(2)8-17-14-4-3-11(15)6-13(14)12-5-10(12)7-16;1-4(2)3-5;/h6-7,9,13,15H,1,8,10-11H2,2-5H3,(H,21,22);4-5,7,9,11,18H,6,8H2,1-3H3,(H,17,19);3-4,6,10,12H,1,5,7-8,16H2,2H3;1,3H2,2H3;1H. The Balaban J connectivity index is 0.000000329. The maximum atomic E-state index is 11.7. The van der Waals surface area contributed by atoms with Crippen molar-refractivity contribution in [2.45, 2.75) is 111 Å². The van der Waals surface area contributed by atoms with Crippen LogP contribution in [0.5, 0.6) is 17.2 Å². The number of carbonyl (C=O) groups is 2. The predicted molar refractivity (Wildman–Crippen MR) is 283 cm³/mol. The number of nitrogens with one attached hydrogen (secondary N) is 2. The first-order chi connectivity index (χ1) is 30.8. The third-order valence-electron chi connectivity index (χ3n) is 10.2. The zero-order valence-corrected chi connectivity index (χ0v) is 45.2. The summed E-state index contributed by atoms with van der Waals surface area (Å²) in [6.45, 7) is 31.1. The lowest BCUT2D eigenvalue weighted by molar-refractivity contribution is 0.0513. The molecule has 3 fully saturated rings. The van der Waals surface area contributed by atoms with E-state index in [1.807, 2.05) is 98.7 Å². The molecule has 0 radical (unpaired) electrons. The average molecular weight is 1070 g/mol. The number of allylic oxidation sites excluding steroid dienone is 1. The largest absolute Gasteiger partial charge is 0.508 e. The van der Waals surface area contributed by atoms with Gasteiger partial charge >= 0.3 is 12.2 Å². The van der Waals surface area contributed by atoms with E-state index in [4.69, 9.17) is 59.5 Å². The summed E-state index contributed by atoms with van der Waals surface area (Å²) in [6.07, 6.45) is 2.29. The molecule has 67 heavy (non-hydrogen) atoms. The summed E-state index contributed by atoms with van der Waals surface area (Å²) < 4.78 is 22.0. The van der Waals surface area contributed by atoms with Gasteiger partial charge in [-0.25, -0.2) is 9.59 Å². The molecule has 6 unspecified atom stereocenters. The van der Waals surface area contributed by atoms with Crippen molar-refractivity contribution in [3.63, 3.8) is 0 Å². The van der Waals surface area contributed by atoms with Crippen molar-refractivity contribution >= 4 is 75.3 Å². The lowest BCUT2D eigenvalue weighted by atomic mass is 10.1. The van der Waals surface area contributed by atoms with Crippen LogP contribution in [0.4, 0.5) is 9.59 Å². The SMILES string of the molecule is C=C(C)CBr.C=C(C)COc1ccc(Cl)cc1C1CC1CN.C=C(C)COc1ccc(Cl)cc1C1CC1CNC(=O)OC(C)(C)C.CC(C)(C)OC(=O)NCC1CC1c1cc(Cl)ccc1O.Cl. The molecule has 6 atom stereocenters. The van der Waals surface area contributed by atoms with Crippen LogP contribution in [-0.4, -0.2) is 66.7 Å². The number of halogens is 5. The summed E-state index contributed by atoms with van der Waals surface area (Å²) in [6, 6.07) is 16.5. The first kappa shape index (κ1) is 59.5. The average Bonchev–Trinajstić information content (AvgIpc) is 4.12. The van der Waals surface area contributed by atoms with Crippen LogP contribution in [0.25, 0.3) is 0 Å². The van der Waals surface area contributed by atoms with Gasteiger partial charge in [-0.2, -0.15) is 0 Å². The van der Waals surface area contributed by atoms with Crippen molar-refractivity contribution < 1.29 is 33.6 Å². The fourth-order valence-corrected chi connectivity index (χ4v) is 7.30. The summed E-state index contributed by atoms with van der Waals surface area (Å²) in [4.78, 5) is 23.3. The van der Waals surface area contributed by atoms with Gasteiger partial charge in [-0.15, -0.1) is 12.4 Å². The van der Waals surface area contributed by atoms with E-state index < -0.39 is 17.3 Å². The van der Waals surface area contributed by atoms with Gasteiger partial charge in [-0.1, -0.05) is 76.0 Å². The second kappa shape index (κ2) is 27.6. The second-order valence-electron chi connectivity index (χ2n) is 19.5. The van der Waals surface area contributed by atoms with Gasteiger partial charge in [0.05, 0.1) is 0 Å². The van der Waals surface area contributed by atoms with E-state index in [0.717, 1.165) is 69.9 Å². The van der Waals surface area contributed by atoms with Crippen molar-refractivity contribution in [3.05, 3.63) is 123 Å². The Morgan fingerprint density at radius 1 is 0.657 bits per heavy atom. The quantitative estimate of drug-likeness (QED) is 0.0871. The smallest absolute Gasteiger partial charge is 0.407 e. The van der Waals surface area contributed by atoms with Gasteiger partial charge in [0.2, 0.25) is 0 Å². The number of phenolic OH excluding ortho intramolecular Hbond substituents is 1. The van der Waals surface area contributed by atoms with Crippen LogP contribution in [0.1, 0.15) is 116 Å². The van der Waals surface area contributed by atoms with E-state index in [0.29, 0.717) is 65.9 Å². The number of amides is 2. The molecule has 15 heteroatoms. The molecule has 0 heterocycles. The Kier molecular flexibility index (Phi) is 24.5. The van der Waals surface area contributed by atoms with Crippen LogP contribution >= 0.6 is 63.1 Å². The zero-order valence-electron chi connectivity index (χ0n) is 40.5. The third-order valence-corrected chi connectivity index (χ3v) is 11.9.